The fraction of sp³-hybridized carbons (Fsp3) is 0.455. The van der Waals surface area contributed by atoms with Crippen molar-refractivity contribution in [2.45, 2.75) is 31.8 Å². The Labute approximate surface area is 86.9 Å². The highest BCUT2D eigenvalue weighted by Crippen LogP contribution is 2.30. The summed E-state index contributed by atoms with van der Waals surface area (Å²) in [7, 11) is 0. The van der Waals surface area contributed by atoms with Crippen molar-refractivity contribution in [1.29, 1.82) is 0 Å². The number of rotatable bonds is 0. The van der Waals surface area contributed by atoms with Crippen LogP contribution >= 0.6 is 15.9 Å². The molecule has 2 rings (SSSR count). The molecule has 0 amide bonds. The highest BCUT2D eigenvalue weighted by Gasteiger charge is 2.15. The minimum atomic E-state index is -0.255. The van der Waals surface area contributed by atoms with Crippen LogP contribution in [0.1, 0.15) is 36.5 Å². The standard InChI is InChI=1S/C11H13BrO/c12-9-6-5-8-3-1-2-4-11(13)10(8)7-9/h5-7,11,13H,1-4H2/t11-/m1/s1. The first kappa shape index (κ1) is 9.22. The van der Waals surface area contributed by atoms with Crippen molar-refractivity contribution in [1.82, 2.24) is 0 Å². The van der Waals surface area contributed by atoms with Gasteiger partial charge in [0, 0.05) is 4.47 Å². The number of hydrogen-bond acceptors (Lipinski definition) is 1. The monoisotopic (exact) mass is 240 g/mol. The second kappa shape index (κ2) is 3.81. The molecular weight excluding hydrogens is 228 g/mol. The van der Waals surface area contributed by atoms with Gasteiger partial charge in [-0.1, -0.05) is 28.4 Å². The third-order valence-corrected chi connectivity index (χ3v) is 3.13. The highest BCUT2D eigenvalue weighted by molar-refractivity contribution is 9.10. The number of fused-ring (bicyclic) bond motifs is 1. The van der Waals surface area contributed by atoms with E-state index in [1.807, 2.05) is 6.07 Å². The number of aryl methyl sites for hydroxylation is 1. The first-order valence-electron chi connectivity index (χ1n) is 4.74. The SMILES string of the molecule is O[C@@H]1CCCCc2ccc(Br)cc21. The number of halogens is 1. The quantitative estimate of drug-likeness (QED) is 0.691. The predicted molar refractivity (Wildman–Crippen MR) is 56.7 cm³/mol. The minimum Gasteiger partial charge on any atom is -0.388 e. The third kappa shape index (κ3) is 1.94. The molecule has 1 aliphatic carbocycles. The summed E-state index contributed by atoms with van der Waals surface area (Å²) in [5, 5.41) is 9.84. The molecule has 13 heavy (non-hydrogen) atoms. The zero-order valence-electron chi connectivity index (χ0n) is 7.46. The molecule has 0 aromatic heterocycles. The molecule has 0 saturated carbocycles. The molecule has 1 atom stereocenters. The molecule has 1 aliphatic rings. The Bertz CT molecular complexity index is 309. The smallest absolute Gasteiger partial charge is 0.0793 e. The largest absolute Gasteiger partial charge is 0.388 e. The van der Waals surface area contributed by atoms with Crippen LogP contribution in [0.3, 0.4) is 0 Å². The molecule has 1 N–H and O–H groups in total. The summed E-state index contributed by atoms with van der Waals surface area (Å²) >= 11 is 3.43. The van der Waals surface area contributed by atoms with Crippen LogP contribution in [-0.2, 0) is 6.42 Å². The van der Waals surface area contributed by atoms with Crippen molar-refractivity contribution in [3.8, 4) is 0 Å². The summed E-state index contributed by atoms with van der Waals surface area (Å²) in [5.41, 5.74) is 2.43. The molecule has 2 heteroatoms. The van der Waals surface area contributed by atoms with E-state index < -0.39 is 0 Å². The zero-order valence-corrected chi connectivity index (χ0v) is 9.05. The second-order valence-electron chi connectivity index (χ2n) is 3.60. The minimum absolute atomic E-state index is 0.255. The summed E-state index contributed by atoms with van der Waals surface area (Å²) in [6.07, 6.45) is 4.09. The lowest BCUT2D eigenvalue weighted by molar-refractivity contribution is 0.166. The van der Waals surface area contributed by atoms with E-state index in [-0.39, 0.29) is 6.10 Å². The highest BCUT2D eigenvalue weighted by atomic mass is 79.9. The molecule has 0 spiro atoms. The number of hydrogen-bond donors (Lipinski definition) is 1. The van der Waals surface area contributed by atoms with Gasteiger partial charge in [0.15, 0.2) is 0 Å². The van der Waals surface area contributed by atoms with E-state index in [0.29, 0.717) is 0 Å². The molecule has 0 radical (unpaired) electrons. The van der Waals surface area contributed by atoms with Crippen LogP contribution in [0.2, 0.25) is 0 Å². The van der Waals surface area contributed by atoms with Gasteiger partial charge >= 0.3 is 0 Å². The van der Waals surface area contributed by atoms with Crippen molar-refractivity contribution in [3.05, 3.63) is 33.8 Å². The summed E-state index contributed by atoms with van der Waals surface area (Å²) in [6, 6.07) is 6.22. The van der Waals surface area contributed by atoms with Gasteiger partial charge in [-0.25, -0.2) is 0 Å². The van der Waals surface area contributed by atoms with Crippen molar-refractivity contribution in [2.75, 3.05) is 0 Å². The Balaban J connectivity index is 2.43. The van der Waals surface area contributed by atoms with Gasteiger partial charge in [0.2, 0.25) is 0 Å². The van der Waals surface area contributed by atoms with E-state index in [1.54, 1.807) is 0 Å². The Morgan fingerprint density at radius 2 is 2.15 bits per heavy atom. The molecule has 1 aromatic carbocycles. The number of benzene rings is 1. The fourth-order valence-corrected chi connectivity index (χ4v) is 2.29. The molecule has 0 unspecified atom stereocenters. The van der Waals surface area contributed by atoms with E-state index in [0.717, 1.165) is 29.3 Å². The van der Waals surface area contributed by atoms with Crippen molar-refractivity contribution < 1.29 is 5.11 Å². The summed E-state index contributed by atoms with van der Waals surface area (Å²) in [6.45, 7) is 0. The van der Waals surface area contributed by atoms with Gasteiger partial charge in [-0.15, -0.1) is 0 Å². The van der Waals surface area contributed by atoms with Gasteiger partial charge < -0.3 is 5.11 Å². The Morgan fingerprint density at radius 1 is 1.31 bits per heavy atom. The van der Waals surface area contributed by atoms with E-state index >= 15 is 0 Å². The molecule has 1 aromatic rings. The zero-order chi connectivity index (χ0) is 9.26. The van der Waals surface area contributed by atoms with Crippen LogP contribution in [0.4, 0.5) is 0 Å². The van der Waals surface area contributed by atoms with Crippen LogP contribution < -0.4 is 0 Å². The maximum Gasteiger partial charge on any atom is 0.0793 e. The van der Waals surface area contributed by atoms with Gasteiger partial charge in [-0.3, -0.25) is 0 Å². The van der Waals surface area contributed by atoms with E-state index in [9.17, 15) is 5.11 Å². The van der Waals surface area contributed by atoms with E-state index in [4.69, 9.17) is 0 Å². The van der Waals surface area contributed by atoms with Crippen molar-refractivity contribution >= 4 is 15.9 Å². The normalized spacial score (nSPS) is 22.2. The molecule has 0 heterocycles. The average molecular weight is 241 g/mol. The third-order valence-electron chi connectivity index (χ3n) is 2.64. The van der Waals surface area contributed by atoms with Crippen LogP contribution in [0.15, 0.2) is 22.7 Å². The summed E-state index contributed by atoms with van der Waals surface area (Å²) < 4.78 is 1.06. The Kier molecular flexibility index (Phi) is 2.70. The van der Waals surface area contributed by atoms with Crippen LogP contribution in [0.25, 0.3) is 0 Å². The van der Waals surface area contributed by atoms with Gasteiger partial charge in [-0.05, 0) is 42.5 Å². The molecule has 0 saturated heterocycles. The maximum absolute atomic E-state index is 9.84. The second-order valence-corrected chi connectivity index (χ2v) is 4.52. The van der Waals surface area contributed by atoms with Gasteiger partial charge in [0.25, 0.3) is 0 Å². The van der Waals surface area contributed by atoms with Crippen molar-refractivity contribution in [2.24, 2.45) is 0 Å². The molecule has 0 bridgehead atoms. The van der Waals surface area contributed by atoms with Crippen LogP contribution in [0, 0.1) is 0 Å². The lowest BCUT2D eigenvalue weighted by Gasteiger charge is -2.11. The maximum atomic E-state index is 9.84. The van der Waals surface area contributed by atoms with Gasteiger partial charge in [0.05, 0.1) is 6.10 Å². The summed E-state index contributed by atoms with van der Waals surface area (Å²) in [5.74, 6) is 0. The molecule has 1 nitrogen and oxygen atoms in total. The average Bonchev–Trinajstić information content (AvgIpc) is 2.29. The predicted octanol–water partition coefficient (Wildman–Crippen LogP) is 3.21. The molecule has 70 valence electrons. The van der Waals surface area contributed by atoms with Crippen LogP contribution in [0.5, 0.6) is 0 Å². The Hall–Kier alpha value is -0.340. The van der Waals surface area contributed by atoms with E-state index in [2.05, 4.69) is 28.1 Å². The lowest BCUT2D eigenvalue weighted by Crippen LogP contribution is -1.98. The summed E-state index contributed by atoms with van der Waals surface area (Å²) in [4.78, 5) is 0. The lowest BCUT2D eigenvalue weighted by atomic mass is 10.0. The molecule has 0 aliphatic heterocycles. The number of aliphatic hydroxyl groups is 1. The first-order valence-corrected chi connectivity index (χ1v) is 5.53. The van der Waals surface area contributed by atoms with Gasteiger partial charge in [-0.2, -0.15) is 0 Å². The first-order chi connectivity index (χ1) is 6.27. The number of aliphatic hydroxyl groups excluding tert-OH is 1. The van der Waals surface area contributed by atoms with Gasteiger partial charge in [0.1, 0.15) is 0 Å². The van der Waals surface area contributed by atoms with E-state index in [1.165, 1.54) is 12.0 Å². The van der Waals surface area contributed by atoms with Crippen molar-refractivity contribution in [3.63, 3.8) is 0 Å². The molecule has 0 fully saturated rings. The topological polar surface area (TPSA) is 20.2 Å². The Morgan fingerprint density at radius 3 is 3.00 bits per heavy atom. The molecular formula is C11H13BrO. The fourth-order valence-electron chi connectivity index (χ4n) is 1.91. The van der Waals surface area contributed by atoms with Crippen LogP contribution in [-0.4, -0.2) is 5.11 Å².